The Bertz CT molecular complexity index is 1260. The number of nitrogens with zero attached hydrogens (tertiary/aromatic N) is 1. The van der Waals surface area contributed by atoms with Crippen LogP contribution < -0.4 is 20.1 Å². The predicted molar refractivity (Wildman–Crippen MR) is 121 cm³/mol. The molecule has 4 aromatic rings. The van der Waals surface area contributed by atoms with E-state index in [9.17, 15) is 18.0 Å². The quantitative estimate of drug-likeness (QED) is 0.322. The van der Waals surface area contributed by atoms with Crippen molar-refractivity contribution in [1.82, 2.24) is 15.5 Å². The standard InChI is InChI=1S/C24H21F3N4O3/c25-24(26,27)34-19-8-4-7-17(13-19)15-33-18-9-10-21-20(14-18)22(31-30-21)29-23(32)28-12-11-16-5-2-1-3-6-16/h1-10,13-14H,11-12,15H2,(H3,28,29,30,31,32). The van der Waals surface area contributed by atoms with Gasteiger partial charge in [0.05, 0.1) is 5.52 Å². The molecule has 0 bridgehead atoms. The zero-order valence-electron chi connectivity index (χ0n) is 17.9. The molecule has 4 rings (SSSR count). The Hall–Kier alpha value is -4.21. The van der Waals surface area contributed by atoms with Crippen LogP contribution in [0.25, 0.3) is 10.9 Å². The summed E-state index contributed by atoms with van der Waals surface area (Å²) in [6, 6.07) is 20.1. The Morgan fingerprint density at radius 3 is 2.53 bits per heavy atom. The van der Waals surface area contributed by atoms with Gasteiger partial charge in [0, 0.05) is 11.9 Å². The number of anilines is 1. The van der Waals surface area contributed by atoms with Gasteiger partial charge in [-0.25, -0.2) is 4.79 Å². The number of fused-ring (bicyclic) bond motifs is 1. The van der Waals surface area contributed by atoms with Crippen molar-refractivity contribution in [3.05, 3.63) is 83.9 Å². The summed E-state index contributed by atoms with van der Waals surface area (Å²) in [5, 5.41) is 13.1. The van der Waals surface area contributed by atoms with Gasteiger partial charge >= 0.3 is 12.4 Å². The molecular formula is C24H21F3N4O3. The highest BCUT2D eigenvalue weighted by Crippen LogP contribution is 2.27. The van der Waals surface area contributed by atoms with Crippen LogP contribution >= 0.6 is 0 Å². The zero-order chi connectivity index (χ0) is 24.0. The minimum atomic E-state index is -4.76. The smallest absolute Gasteiger partial charge is 0.489 e. The molecule has 1 heterocycles. The summed E-state index contributed by atoms with van der Waals surface area (Å²) in [7, 11) is 0. The van der Waals surface area contributed by atoms with E-state index < -0.39 is 12.4 Å². The van der Waals surface area contributed by atoms with Gasteiger partial charge in [-0.2, -0.15) is 5.10 Å². The highest BCUT2D eigenvalue weighted by Gasteiger charge is 2.31. The van der Waals surface area contributed by atoms with Gasteiger partial charge in [0.1, 0.15) is 18.1 Å². The number of ether oxygens (including phenoxy) is 2. The first-order chi connectivity index (χ1) is 16.4. The van der Waals surface area contributed by atoms with Gasteiger partial charge in [0.25, 0.3) is 0 Å². The van der Waals surface area contributed by atoms with Crippen LogP contribution in [0.2, 0.25) is 0 Å². The number of aromatic nitrogens is 2. The Kier molecular flexibility index (Phi) is 6.86. The number of halogens is 3. The Morgan fingerprint density at radius 2 is 1.74 bits per heavy atom. The lowest BCUT2D eigenvalue weighted by Crippen LogP contribution is -2.30. The fraction of sp³-hybridized carbons (Fsp3) is 0.167. The second-order valence-electron chi connectivity index (χ2n) is 7.38. The molecule has 0 saturated heterocycles. The molecule has 1 aromatic heterocycles. The van der Waals surface area contributed by atoms with E-state index in [1.165, 1.54) is 18.2 Å². The van der Waals surface area contributed by atoms with Crippen LogP contribution in [0.15, 0.2) is 72.8 Å². The van der Waals surface area contributed by atoms with Crippen molar-refractivity contribution in [2.45, 2.75) is 19.4 Å². The van der Waals surface area contributed by atoms with E-state index in [1.54, 1.807) is 24.3 Å². The molecule has 0 spiro atoms. The lowest BCUT2D eigenvalue weighted by molar-refractivity contribution is -0.274. The van der Waals surface area contributed by atoms with Crippen molar-refractivity contribution in [1.29, 1.82) is 0 Å². The third-order valence-electron chi connectivity index (χ3n) is 4.85. The molecule has 0 aliphatic rings. The molecule has 0 unspecified atom stereocenters. The topological polar surface area (TPSA) is 88.3 Å². The minimum absolute atomic E-state index is 0.0289. The van der Waals surface area contributed by atoms with Crippen molar-refractivity contribution in [3.8, 4) is 11.5 Å². The largest absolute Gasteiger partial charge is 0.573 e. The lowest BCUT2D eigenvalue weighted by Gasteiger charge is -2.11. The molecule has 0 fully saturated rings. The van der Waals surface area contributed by atoms with Gasteiger partial charge in [0.15, 0.2) is 5.82 Å². The third kappa shape index (κ3) is 6.41. The molecule has 0 atom stereocenters. The Labute approximate surface area is 192 Å². The molecule has 3 aromatic carbocycles. The molecule has 7 nitrogen and oxygen atoms in total. The third-order valence-corrected chi connectivity index (χ3v) is 4.85. The van der Waals surface area contributed by atoms with Crippen LogP contribution in [-0.4, -0.2) is 29.1 Å². The first-order valence-electron chi connectivity index (χ1n) is 10.4. The van der Waals surface area contributed by atoms with E-state index in [4.69, 9.17) is 4.74 Å². The molecule has 0 saturated carbocycles. The summed E-state index contributed by atoms with van der Waals surface area (Å²) in [5.41, 5.74) is 2.31. The highest BCUT2D eigenvalue weighted by molar-refractivity contribution is 5.99. The number of nitrogens with one attached hydrogen (secondary N) is 3. The van der Waals surface area contributed by atoms with Gasteiger partial charge in [0.2, 0.25) is 0 Å². The average Bonchev–Trinajstić information content (AvgIpc) is 3.19. The number of amides is 2. The lowest BCUT2D eigenvalue weighted by atomic mass is 10.1. The second kappa shape index (κ2) is 10.2. The summed E-state index contributed by atoms with van der Waals surface area (Å²) in [6.45, 7) is 0.491. The first-order valence-corrected chi connectivity index (χ1v) is 10.4. The van der Waals surface area contributed by atoms with Crippen molar-refractivity contribution < 1.29 is 27.4 Å². The summed E-state index contributed by atoms with van der Waals surface area (Å²) in [6.07, 6.45) is -4.06. The van der Waals surface area contributed by atoms with E-state index in [0.29, 0.717) is 41.0 Å². The monoisotopic (exact) mass is 470 g/mol. The molecule has 10 heteroatoms. The van der Waals surface area contributed by atoms with Gasteiger partial charge in [-0.1, -0.05) is 42.5 Å². The summed E-state index contributed by atoms with van der Waals surface area (Å²) < 4.78 is 46.9. The summed E-state index contributed by atoms with van der Waals surface area (Å²) >= 11 is 0. The maximum absolute atomic E-state index is 12.4. The molecule has 176 valence electrons. The summed E-state index contributed by atoms with van der Waals surface area (Å²) in [4.78, 5) is 12.3. The van der Waals surface area contributed by atoms with Gasteiger partial charge in [-0.3, -0.25) is 10.4 Å². The normalized spacial score (nSPS) is 11.3. The minimum Gasteiger partial charge on any atom is -0.489 e. The number of carbonyl (C=O) groups is 1. The molecule has 34 heavy (non-hydrogen) atoms. The zero-order valence-corrected chi connectivity index (χ0v) is 17.9. The number of carbonyl (C=O) groups excluding carboxylic acids is 1. The van der Waals surface area contributed by atoms with E-state index in [1.807, 2.05) is 30.3 Å². The number of H-pyrrole nitrogens is 1. The van der Waals surface area contributed by atoms with Crippen LogP contribution in [0, 0.1) is 0 Å². The fourth-order valence-electron chi connectivity index (χ4n) is 3.29. The van der Waals surface area contributed by atoms with Crippen LogP contribution in [0.4, 0.5) is 23.8 Å². The predicted octanol–water partition coefficient (Wildman–Crippen LogP) is 5.40. The molecule has 0 radical (unpaired) electrons. The van der Waals surface area contributed by atoms with Crippen LogP contribution in [0.5, 0.6) is 11.5 Å². The van der Waals surface area contributed by atoms with Crippen LogP contribution in [0.1, 0.15) is 11.1 Å². The molecular weight excluding hydrogens is 449 g/mol. The molecule has 0 aliphatic carbocycles. The maximum Gasteiger partial charge on any atom is 0.573 e. The van der Waals surface area contributed by atoms with Crippen molar-refractivity contribution in [2.75, 3.05) is 11.9 Å². The van der Waals surface area contributed by atoms with Crippen LogP contribution in [0.3, 0.4) is 0 Å². The molecule has 2 amide bonds. The van der Waals surface area contributed by atoms with Gasteiger partial charge in [-0.05, 0) is 47.9 Å². The number of urea groups is 1. The maximum atomic E-state index is 12.4. The van der Waals surface area contributed by atoms with Gasteiger partial charge in [-0.15, -0.1) is 13.2 Å². The van der Waals surface area contributed by atoms with E-state index in [2.05, 4.69) is 25.6 Å². The van der Waals surface area contributed by atoms with E-state index in [0.717, 1.165) is 5.56 Å². The number of benzene rings is 3. The van der Waals surface area contributed by atoms with Gasteiger partial charge < -0.3 is 14.8 Å². The van der Waals surface area contributed by atoms with Crippen LogP contribution in [-0.2, 0) is 13.0 Å². The number of alkyl halides is 3. The Morgan fingerprint density at radius 1 is 0.941 bits per heavy atom. The SMILES string of the molecule is O=C(NCCc1ccccc1)Nc1n[nH]c2ccc(OCc3cccc(OC(F)(F)F)c3)cc12. The van der Waals surface area contributed by atoms with E-state index >= 15 is 0 Å². The van der Waals surface area contributed by atoms with Crippen molar-refractivity contribution >= 4 is 22.8 Å². The second-order valence-corrected chi connectivity index (χ2v) is 7.38. The molecule has 3 N–H and O–H groups in total. The van der Waals surface area contributed by atoms with Crippen molar-refractivity contribution in [2.24, 2.45) is 0 Å². The fourth-order valence-corrected chi connectivity index (χ4v) is 3.29. The first kappa shape index (κ1) is 23.0. The number of aromatic amines is 1. The molecule has 0 aliphatic heterocycles. The van der Waals surface area contributed by atoms with E-state index in [-0.39, 0.29) is 12.4 Å². The highest BCUT2D eigenvalue weighted by atomic mass is 19.4. The van der Waals surface area contributed by atoms with Crippen molar-refractivity contribution in [3.63, 3.8) is 0 Å². The summed E-state index contributed by atoms with van der Waals surface area (Å²) in [5.74, 6) is 0.477. The number of hydrogen-bond acceptors (Lipinski definition) is 4. The number of hydrogen-bond donors (Lipinski definition) is 3. The Balaban J connectivity index is 1.35. The number of rotatable bonds is 8. The average molecular weight is 470 g/mol.